The van der Waals surface area contributed by atoms with Gasteiger partial charge in [0.05, 0.1) is 6.10 Å². The Bertz CT molecular complexity index is 660. The minimum atomic E-state index is -0.942. The Morgan fingerprint density at radius 3 is 2.75 bits per heavy atom. The third-order valence-electron chi connectivity index (χ3n) is 3.37. The summed E-state index contributed by atoms with van der Waals surface area (Å²) in [6.07, 6.45) is -1.41. The predicted octanol–water partition coefficient (Wildman–Crippen LogP) is 4.18. The normalized spacial score (nSPS) is 21.2. The average Bonchev–Trinajstić information content (AvgIpc) is 2.42. The van der Waals surface area contributed by atoms with Crippen LogP contribution in [0.1, 0.15) is 29.8 Å². The van der Waals surface area contributed by atoms with E-state index in [9.17, 15) is 13.9 Å². The first kappa shape index (κ1) is 13.3. The number of benzene rings is 2. The highest BCUT2D eigenvalue weighted by Crippen LogP contribution is 2.42. The van der Waals surface area contributed by atoms with Crippen LogP contribution in [0.3, 0.4) is 0 Å². The number of aliphatic hydroxyl groups is 1. The van der Waals surface area contributed by atoms with Gasteiger partial charge in [-0.3, -0.25) is 0 Å². The largest absolute Gasteiger partial charge is 0.485 e. The van der Waals surface area contributed by atoms with E-state index in [0.29, 0.717) is 16.3 Å². The molecule has 1 N–H and O–H groups in total. The van der Waals surface area contributed by atoms with Crippen molar-refractivity contribution in [2.75, 3.05) is 0 Å². The van der Waals surface area contributed by atoms with Crippen LogP contribution in [0.4, 0.5) is 8.78 Å². The third-order valence-corrected chi connectivity index (χ3v) is 3.60. The molecule has 5 heteroatoms. The van der Waals surface area contributed by atoms with Crippen molar-refractivity contribution in [1.82, 2.24) is 0 Å². The fourth-order valence-corrected chi connectivity index (χ4v) is 2.56. The molecule has 3 rings (SSSR count). The van der Waals surface area contributed by atoms with Crippen LogP contribution >= 0.6 is 11.6 Å². The van der Waals surface area contributed by atoms with E-state index < -0.39 is 23.8 Å². The number of hydrogen-bond donors (Lipinski definition) is 1. The van der Waals surface area contributed by atoms with Crippen molar-refractivity contribution in [2.45, 2.75) is 18.6 Å². The van der Waals surface area contributed by atoms with Gasteiger partial charge in [0.1, 0.15) is 11.9 Å². The number of hydrogen-bond acceptors (Lipinski definition) is 2. The number of aliphatic hydroxyl groups excluding tert-OH is 1. The molecule has 0 aromatic heterocycles. The topological polar surface area (TPSA) is 29.5 Å². The maximum Gasteiger partial charge on any atom is 0.165 e. The second-order valence-electron chi connectivity index (χ2n) is 4.68. The van der Waals surface area contributed by atoms with E-state index >= 15 is 0 Å². The molecule has 1 aliphatic heterocycles. The molecule has 0 saturated heterocycles. The summed E-state index contributed by atoms with van der Waals surface area (Å²) in [4.78, 5) is 0. The van der Waals surface area contributed by atoms with Crippen molar-refractivity contribution in [2.24, 2.45) is 0 Å². The lowest BCUT2D eigenvalue weighted by molar-refractivity contribution is 0.0637. The van der Waals surface area contributed by atoms with Crippen LogP contribution in [0, 0.1) is 11.6 Å². The van der Waals surface area contributed by atoms with Gasteiger partial charge in [-0.1, -0.05) is 23.7 Å². The van der Waals surface area contributed by atoms with E-state index in [1.54, 1.807) is 18.2 Å². The molecule has 1 unspecified atom stereocenters. The van der Waals surface area contributed by atoms with Gasteiger partial charge in [-0.2, -0.15) is 0 Å². The van der Waals surface area contributed by atoms with Gasteiger partial charge in [-0.25, -0.2) is 8.78 Å². The Morgan fingerprint density at radius 1 is 1.15 bits per heavy atom. The van der Waals surface area contributed by atoms with Crippen molar-refractivity contribution in [3.8, 4) is 5.75 Å². The van der Waals surface area contributed by atoms with Crippen LogP contribution in [0.2, 0.25) is 5.02 Å². The lowest BCUT2D eigenvalue weighted by Crippen LogP contribution is -2.20. The molecule has 2 aromatic rings. The molecular formula is C15H11ClF2O2. The van der Waals surface area contributed by atoms with Crippen LogP contribution in [-0.4, -0.2) is 5.11 Å². The van der Waals surface area contributed by atoms with Crippen LogP contribution in [0.25, 0.3) is 0 Å². The number of ether oxygens (including phenoxy) is 1. The molecule has 0 saturated carbocycles. The summed E-state index contributed by atoms with van der Waals surface area (Å²) in [5, 5.41) is 10.6. The lowest BCUT2D eigenvalue weighted by Gasteiger charge is -2.30. The highest BCUT2D eigenvalue weighted by Gasteiger charge is 2.30. The van der Waals surface area contributed by atoms with Crippen molar-refractivity contribution in [3.63, 3.8) is 0 Å². The molecule has 0 fully saturated rings. The summed E-state index contributed by atoms with van der Waals surface area (Å²) in [5.74, 6) is -1.44. The number of fused-ring (bicyclic) bond motifs is 1. The predicted molar refractivity (Wildman–Crippen MR) is 70.8 cm³/mol. The molecule has 2 atom stereocenters. The van der Waals surface area contributed by atoms with Crippen molar-refractivity contribution >= 4 is 11.6 Å². The van der Waals surface area contributed by atoms with Crippen molar-refractivity contribution < 1.29 is 18.6 Å². The molecule has 20 heavy (non-hydrogen) atoms. The average molecular weight is 297 g/mol. The molecule has 104 valence electrons. The van der Waals surface area contributed by atoms with Gasteiger partial charge in [-0.05, 0) is 24.3 Å². The van der Waals surface area contributed by atoms with Gasteiger partial charge in [0, 0.05) is 22.6 Å². The van der Waals surface area contributed by atoms with Crippen molar-refractivity contribution in [1.29, 1.82) is 0 Å². The summed E-state index contributed by atoms with van der Waals surface area (Å²) in [5.41, 5.74) is 0.662. The van der Waals surface area contributed by atoms with Crippen LogP contribution in [-0.2, 0) is 0 Å². The summed E-state index contributed by atoms with van der Waals surface area (Å²) < 4.78 is 32.7. The van der Waals surface area contributed by atoms with Crippen LogP contribution < -0.4 is 4.74 Å². The summed E-state index contributed by atoms with van der Waals surface area (Å²) >= 11 is 5.87. The van der Waals surface area contributed by atoms with E-state index in [0.717, 1.165) is 6.07 Å². The Morgan fingerprint density at radius 2 is 1.95 bits per heavy atom. The van der Waals surface area contributed by atoms with E-state index in [4.69, 9.17) is 16.3 Å². The Balaban J connectivity index is 1.99. The maximum absolute atomic E-state index is 13.8. The highest BCUT2D eigenvalue weighted by molar-refractivity contribution is 6.30. The summed E-state index contributed by atoms with van der Waals surface area (Å²) in [7, 11) is 0. The van der Waals surface area contributed by atoms with E-state index in [-0.39, 0.29) is 12.0 Å². The molecule has 2 aromatic carbocycles. The number of rotatable bonds is 1. The molecule has 2 nitrogen and oxygen atoms in total. The summed E-state index contributed by atoms with van der Waals surface area (Å²) in [6.45, 7) is 0. The minimum Gasteiger partial charge on any atom is -0.485 e. The number of halogens is 3. The molecule has 0 radical (unpaired) electrons. The van der Waals surface area contributed by atoms with Crippen LogP contribution in [0.5, 0.6) is 5.75 Å². The Kier molecular flexibility index (Phi) is 3.36. The zero-order chi connectivity index (χ0) is 14.3. The smallest absolute Gasteiger partial charge is 0.165 e. The van der Waals surface area contributed by atoms with Gasteiger partial charge in [-0.15, -0.1) is 0 Å². The summed E-state index contributed by atoms with van der Waals surface area (Å²) in [6, 6.07) is 8.77. The van der Waals surface area contributed by atoms with Crippen molar-refractivity contribution in [3.05, 3.63) is 64.2 Å². The first-order valence-corrected chi connectivity index (χ1v) is 6.52. The Labute approximate surface area is 119 Å². The highest BCUT2D eigenvalue weighted by atomic mass is 35.5. The SMILES string of the molecule is O[C@@H]1CC(c2cccc(F)c2F)Oc2ccc(Cl)cc21. The monoisotopic (exact) mass is 296 g/mol. The molecule has 1 heterocycles. The first-order valence-electron chi connectivity index (χ1n) is 6.14. The Hall–Kier alpha value is -1.65. The van der Waals surface area contributed by atoms with Crippen LogP contribution in [0.15, 0.2) is 36.4 Å². The molecule has 0 spiro atoms. The maximum atomic E-state index is 13.8. The van der Waals surface area contributed by atoms with Gasteiger partial charge < -0.3 is 9.84 Å². The van der Waals surface area contributed by atoms with Gasteiger partial charge in [0.15, 0.2) is 11.6 Å². The van der Waals surface area contributed by atoms with Gasteiger partial charge in [0.25, 0.3) is 0 Å². The second-order valence-corrected chi connectivity index (χ2v) is 5.12. The van der Waals surface area contributed by atoms with E-state index in [1.165, 1.54) is 12.1 Å². The zero-order valence-electron chi connectivity index (χ0n) is 10.3. The molecule has 0 amide bonds. The molecule has 1 aliphatic rings. The first-order chi connectivity index (χ1) is 9.56. The second kappa shape index (κ2) is 5.04. The third kappa shape index (κ3) is 2.25. The standard InChI is InChI=1S/C15H11ClF2O2/c16-8-4-5-13-10(6-8)12(19)7-14(20-13)9-2-1-3-11(17)15(9)18/h1-6,12,14,19H,7H2/t12-,14?/m1/s1. The van der Waals surface area contributed by atoms with Gasteiger partial charge in [0.2, 0.25) is 0 Å². The molecular weight excluding hydrogens is 286 g/mol. The zero-order valence-corrected chi connectivity index (χ0v) is 11.1. The fraction of sp³-hybridized carbons (Fsp3) is 0.200. The van der Waals surface area contributed by atoms with Gasteiger partial charge >= 0.3 is 0 Å². The van der Waals surface area contributed by atoms with E-state index in [1.807, 2.05) is 0 Å². The lowest BCUT2D eigenvalue weighted by atomic mass is 9.94. The quantitative estimate of drug-likeness (QED) is 0.855. The minimum absolute atomic E-state index is 0.102. The van der Waals surface area contributed by atoms with E-state index in [2.05, 4.69) is 0 Å². The molecule has 0 aliphatic carbocycles. The fourth-order valence-electron chi connectivity index (χ4n) is 2.38. The molecule has 0 bridgehead atoms.